The van der Waals surface area contributed by atoms with Crippen LogP contribution in [-0.4, -0.2) is 9.55 Å². The van der Waals surface area contributed by atoms with Crippen LogP contribution in [0.5, 0.6) is 0 Å². The summed E-state index contributed by atoms with van der Waals surface area (Å²) in [6, 6.07) is 8.34. The van der Waals surface area contributed by atoms with Crippen molar-refractivity contribution in [3.05, 3.63) is 40.8 Å². The molecular weight excluding hydrogens is 276 g/mol. The molecule has 3 heteroatoms. The summed E-state index contributed by atoms with van der Waals surface area (Å²) < 4.78 is 3.41. The van der Waals surface area contributed by atoms with Crippen LogP contribution in [0, 0.1) is 5.92 Å². The first-order chi connectivity index (χ1) is 8.22. The van der Waals surface area contributed by atoms with E-state index in [0.717, 1.165) is 29.1 Å². The molecule has 1 aliphatic rings. The second-order valence-electron chi connectivity index (χ2n) is 4.84. The summed E-state index contributed by atoms with van der Waals surface area (Å²) in [6.45, 7) is 3.41. The van der Waals surface area contributed by atoms with Crippen molar-refractivity contribution in [1.82, 2.24) is 9.55 Å². The lowest BCUT2D eigenvalue weighted by molar-refractivity contribution is 0.409. The largest absolute Gasteiger partial charge is 0.334 e. The van der Waals surface area contributed by atoms with Crippen molar-refractivity contribution in [2.24, 2.45) is 5.92 Å². The summed E-state index contributed by atoms with van der Waals surface area (Å²) in [6.07, 6.45) is 4.55. The number of hydrogen-bond donors (Lipinski definition) is 0. The van der Waals surface area contributed by atoms with Gasteiger partial charge < -0.3 is 4.57 Å². The molecule has 0 spiro atoms. The number of rotatable bonds is 1. The number of aromatic nitrogens is 2. The number of nitrogens with zero attached hydrogens (tertiary/aromatic N) is 2. The highest BCUT2D eigenvalue weighted by atomic mass is 79.9. The summed E-state index contributed by atoms with van der Waals surface area (Å²) in [5.41, 5.74) is 2.28. The van der Waals surface area contributed by atoms with E-state index in [0.29, 0.717) is 0 Å². The molecule has 17 heavy (non-hydrogen) atoms. The molecule has 2 heterocycles. The van der Waals surface area contributed by atoms with Gasteiger partial charge in [-0.15, -0.1) is 0 Å². The Kier molecular flexibility index (Phi) is 2.79. The van der Waals surface area contributed by atoms with Crippen molar-refractivity contribution in [3.8, 4) is 11.3 Å². The molecule has 88 valence electrons. The predicted molar refractivity (Wildman–Crippen MR) is 72.8 cm³/mol. The highest BCUT2D eigenvalue weighted by molar-refractivity contribution is 9.10. The van der Waals surface area contributed by atoms with Crippen LogP contribution in [0.15, 0.2) is 34.9 Å². The second-order valence-corrected chi connectivity index (χ2v) is 5.76. The Hall–Kier alpha value is -1.09. The quantitative estimate of drug-likeness (QED) is 0.779. The molecule has 2 aromatic rings. The fourth-order valence-corrected chi connectivity index (χ4v) is 2.77. The molecular formula is C14H15BrN2. The topological polar surface area (TPSA) is 17.8 Å². The van der Waals surface area contributed by atoms with Gasteiger partial charge in [-0.2, -0.15) is 0 Å². The fourth-order valence-electron chi connectivity index (χ4n) is 2.37. The van der Waals surface area contributed by atoms with Crippen molar-refractivity contribution in [1.29, 1.82) is 0 Å². The standard InChI is InChI=1S/C14H15BrN2/c1-10-5-6-17-9-13(16-14(17)7-10)11-3-2-4-12(15)8-11/h2-4,8-10H,5-7H2,1H3. The van der Waals surface area contributed by atoms with Gasteiger partial charge in [0, 0.05) is 29.2 Å². The maximum Gasteiger partial charge on any atom is 0.109 e. The normalized spacial score (nSPS) is 19.1. The molecule has 2 nitrogen and oxygen atoms in total. The molecule has 1 aliphatic heterocycles. The summed E-state index contributed by atoms with van der Waals surface area (Å²) in [5, 5.41) is 0. The smallest absolute Gasteiger partial charge is 0.109 e. The summed E-state index contributed by atoms with van der Waals surface area (Å²) in [4.78, 5) is 4.75. The number of aryl methyl sites for hydroxylation is 1. The van der Waals surface area contributed by atoms with Crippen molar-refractivity contribution in [2.45, 2.75) is 26.3 Å². The third-order valence-electron chi connectivity index (χ3n) is 3.37. The molecule has 0 saturated heterocycles. The van der Waals surface area contributed by atoms with Crippen LogP contribution in [0.2, 0.25) is 0 Å². The number of imidazole rings is 1. The molecule has 0 aliphatic carbocycles. The van der Waals surface area contributed by atoms with Crippen molar-refractivity contribution < 1.29 is 0 Å². The van der Waals surface area contributed by atoms with E-state index in [1.807, 2.05) is 6.07 Å². The Labute approximate surface area is 110 Å². The van der Waals surface area contributed by atoms with Crippen LogP contribution in [0.1, 0.15) is 19.2 Å². The monoisotopic (exact) mass is 290 g/mol. The van der Waals surface area contributed by atoms with Crippen molar-refractivity contribution >= 4 is 15.9 Å². The van der Waals surface area contributed by atoms with Crippen LogP contribution in [0.3, 0.4) is 0 Å². The van der Waals surface area contributed by atoms with Crippen LogP contribution in [0.4, 0.5) is 0 Å². The van der Waals surface area contributed by atoms with Gasteiger partial charge >= 0.3 is 0 Å². The van der Waals surface area contributed by atoms with Gasteiger partial charge in [0.2, 0.25) is 0 Å². The number of hydrogen-bond acceptors (Lipinski definition) is 1. The molecule has 1 aromatic carbocycles. The lowest BCUT2D eigenvalue weighted by atomic mass is 10.0. The van der Waals surface area contributed by atoms with Crippen LogP contribution < -0.4 is 0 Å². The first kappa shape index (κ1) is 11.0. The van der Waals surface area contributed by atoms with Crippen LogP contribution in [-0.2, 0) is 13.0 Å². The van der Waals surface area contributed by atoms with Gasteiger partial charge in [0.25, 0.3) is 0 Å². The molecule has 0 fully saturated rings. The molecule has 1 atom stereocenters. The number of halogens is 1. The Morgan fingerprint density at radius 2 is 2.29 bits per heavy atom. The molecule has 3 rings (SSSR count). The minimum absolute atomic E-state index is 0.764. The van der Waals surface area contributed by atoms with E-state index in [1.165, 1.54) is 17.8 Å². The van der Waals surface area contributed by atoms with E-state index in [2.05, 4.69) is 51.8 Å². The highest BCUT2D eigenvalue weighted by Crippen LogP contribution is 2.26. The minimum Gasteiger partial charge on any atom is -0.334 e. The Morgan fingerprint density at radius 3 is 3.12 bits per heavy atom. The molecule has 0 amide bonds. The van der Waals surface area contributed by atoms with Gasteiger partial charge in [0.05, 0.1) is 5.69 Å². The molecule has 1 aromatic heterocycles. The summed E-state index contributed by atoms with van der Waals surface area (Å²) in [7, 11) is 0. The summed E-state index contributed by atoms with van der Waals surface area (Å²) >= 11 is 3.51. The average Bonchev–Trinajstić information content (AvgIpc) is 2.72. The second kappa shape index (κ2) is 4.30. The van der Waals surface area contributed by atoms with Crippen molar-refractivity contribution in [2.75, 3.05) is 0 Å². The highest BCUT2D eigenvalue weighted by Gasteiger charge is 2.17. The van der Waals surface area contributed by atoms with Gasteiger partial charge in [-0.05, 0) is 24.5 Å². The first-order valence-corrected chi connectivity index (χ1v) is 6.83. The maximum atomic E-state index is 4.75. The Balaban J connectivity index is 2.00. The lowest BCUT2D eigenvalue weighted by Gasteiger charge is -2.18. The minimum atomic E-state index is 0.764. The predicted octanol–water partition coefficient (Wildman–Crippen LogP) is 3.89. The van der Waals surface area contributed by atoms with Crippen molar-refractivity contribution in [3.63, 3.8) is 0 Å². The SMILES string of the molecule is CC1CCn2cc(-c3cccc(Br)c3)nc2C1. The maximum absolute atomic E-state index is 4.75. The van der Waals surface area contributed by atoms with Gasteiger partial charge in [0.1, 0.15) is 5.82 Å². The Morgan fingerprint density at radius 1 is 1.41 bits per heavy atom. The lowest BCUT2D eigenvalue weighted by Crippen LogP contribution is -2.16. The Bertz CT molecular complexity index is 545. The third kappa shape index (κ3) is 2.16. The first-order valence-electron chi connectivity index (χ1n) is 6.04. The van der Waals surface area contributed by atoms with E-state index >= 15 is 0 Å². The van der Waals surface area contributed by atoms with E-state index in [9.17, 15) is 0 Å². The van der Waals surface area contributed by atoms with E-state index in [4.69, 9.17) is 4.98 Å². The zero-order valence-corrected chi connectivity index (χ0v) is 11.4. The van der Waals surface area contributed by atoms with E-state index in [1.54, 1.807) is 0 Å². The molecule has 0 saturated carbocycles. The average molecular weight is 291 g/mol. The van der Waals surface area contributed by atoms with Crippen LogP contribution >= 0.6 is 15.9 Å². The van der Waals surface area contributed by atoms with Gasteiger partial charge in [-0.3, -0.25) is 0 Å². The number of fused-ring (bicyclic) bond motifs is 1. The summed E-state index contributed by atoms with van der Waals surface area (Å²) in [5.74, 6) is 2.00. The van der Waals surface area contributed by atoms with E-state index in [-0.39, 0.29) is 0 Å². The van der Waals surface area contributed by atoms with Gasteiger partial charge in [-0.25, -0.2) is 4.98 Å². The molecule has 0 bridgehead atoms. The van der Waals surface area contributed by atoms with Gasteiger partial charge in [-0.1, -0.05) is 35.0 Å². The molecule has 0 radical (unpaired) electrons. The third-order valence-corrected chi connectivity index (χ3v) is 3.87. The zero-order valence-electron chi connectivity index (χ0n) is 9.86. The van der Waals surface area contributed by atoms with Gasteiger partial charge in [0.15, 0.2) is 0 Å². The molecule has 0 N–H and O–H groups in total. The molecule has 1 unspecified atom stereocenters. The number of benzene rings is 1. The van der Waals surface area contributed by atoms with E-state index < -0.39 is 0 Å². The van der Waals surface area contributed by atoms with Crippen LogP contribution in [0.25, 0.3) is 11.3 Å². The zero-order chi connectivity index (χ0) is 11.8. The fraction of sp³-hybridized carbons (Fsp3) is 0.357.